The number of piperidine rings is 1. The second-order valence-corrected chi connectivity index (χ2v) is 7.48. The van der Waals surface area contributed by atoms with Crippen LogP contribution in [0.3, 0.4) is 0 Å². The largest absolute Gasteiger partial charge is 0.342 e. The molecule has 5 heteroatoms. The number of amides is 2. The third-order valence-electron chi connectivity index (χ3n) is 5.55. The lowest BCUT2D eigenvalue weighted by atomic mass is 9.96. The minimum absolute atomic E-state index is 0.0235. The van der Waals surface area contributed by atoms with Crippen LogP contribution in [0.1, 0.15) is 30.7 Å². The molecule has 2 aromatic rings. The van der Waals surface area contributed by atoms with Crippen molar-refractivity contribution in [1.29, 1.82) is 0 Å². The fourth-order valence-corrected chi connectivity index (χ4v) is 3.94. The Hall–Kier alpha value is -2.69. The van der Waals surface area contributed by atoms with Crippen LogP contribution in [0.25, 0.3) is 0 Å². The number of halogens is 1. The van der Waals surface area contributed by atoms with Gasteiger partial charge in [-0.05, 0) is 55.0 Å². The zero-order valence-corrected chi connectivity index (χ0v) is 15.1. The van der Waals surface area contributed by atoms with Crippen LogP contribution in [-0.4, -0.2) is 29.8 Å². The van der Waals surface area contributed by atoms with E-state index in [1.165, 1.54) is 12.1 Å². The topological polar surface area (TPSA) is 49.4 Å². The molecule has 1 N–H and O–H groups in total. The number of likely N-dealkylation sites (tertiary alicyclic amines) is 1. The molecule has 1 saturated carbocycles. The molecule has 3 unspecified atom stereocenters. The lowest BCUT2D eigenvalue weighted by Crippen LogP contribution is -2.44. The molecule has 4 nitrogen and oxygen atoms in total. The van der Waals surface area contributed by atoms with Crippen LogP contribution in [0.2, 0.25) is 0 Å². The molecular weight excluding hydrogens is 343 g/mol. The summed E-state index contributed by atoms with van der Waals surface area (Å²) in [5, 5.41) is 2.94. The maximum Gasteiger partial charge on any atom is 0.229 e. The molecule has 4 rings (SSSR count). The predicted octanol–water partition coefficient (Wildman–Crippen LogP) is 3.81. The van der Waals surface area contributed by atoms with E-state index in [0.717, 1.165) is 30.5 Å². The van der Waals surface area contributed by atoms with E-state index in [-0.39, 0.29) is 35.4 Å². The number of carbonyl (C=O) groups excluding carboxylic acids is 2. The molecular formula is C22H23FN2O2. The van der Waals surface area contributed by atoms with E-state index in [1.54, 1.807) is 12.1 Å². The summed E-state index contributed by atoms with van der Waals surface area (Å²) in [5.41, 5.74) is 1.80. The van der Waals surface area contributed by atoms with Crippen LogP contribution in [-0.2, 0) is 9.59 Å². The van der Waals surface area contributed by atoms with E-state index in [4.69, 9.17) is 0 Å². The summed E-state index contributed by atoms with van der Waals surface area (Å²) in [6.45, 7) is 1.19. The zero-order valence-electron chi connectivity index (χ0n) is 15.1. The number of nitrogens with zero attached hydrogens (tertiary/aromatic N) is 1. The first kappa shape index (κ1) is 17.7. The highest BCUT2D eigenvalue weighted by molar-refractivity contribution is 5.93. The summed E-state index contributed by atoms with van der Waals surface area (Å²) in [7, 11) is 0. The van der Waals surface area contributed by atoms with Gasteiger partial charge < -0.3 is 10.2 Å². The average molecular weight is 366 g/mol. The average Bonchev–Trinajstić information content (AvgIpc) is 3.50. The molecule has 140 valence electrons. The Kier molecular flexibility index (Phi) is 4.92. The highest BCUT2D eigenvalue weighted by atomic mass is 19.1. The van der Waals surface area contributed by atoms with E-state index >= 15 is 0 Å². The van der Waals surface area contributed by atoms with Crippen molar-refractivity contribution in [3.05, 3.63) is 66.0 Å². The molecule has 2 fully saturated rings. The molecule has 0 spiro atoms. The summed E-state index contributed by atoms with van der Waals surface area (Å²) in [4.78, 5) is 27.3. The Labute approximate surface area is 158 Å². The number of para-hydroxylation sites is 1. The van der Waals surface area contributed by atoms with Crippen LogP contribution >= 0.6 is 0 Å². The number of hydrogen-bond donors (Lipinski definition) is 1. The second kappa shape index (κ2) is 7.51. The first-order valence-electron chi connectivity index (χ1n) is 9.52. The van der Waals surface area contributed by atoms with Crippen molar-refractivity contribution in [2.45, 2.75) is 25.2 Å². The van der Waals surface area contributed by atoms with Gasteiger partial charge >= 0.3 is 0 Å². The zero-order chi connectivity index (χ0) is 18.8. The second-order valence-electron chi connectivity index (χ2n) is 7.48. The van der Waals surface area contributed by atoms with E-state index in [9.17, 15) is 14.0 Å². The third kappa shape index (κ3) is 4.02. The molecule has 3 atom stereocenters. The van der Waals surface area contributed by atoms with Gasteiger partial charge in [0.15, 0.2) is 0 Å². The summed E-state index contributed by atoms with van der Waals surface area (Å²) < 4.78 is 13.1. The monoisotopic (exact) mass is 366 g/mol. The lowest BCUT2D eigenvalue weighted by molar-refractivity contribution is -0.135. The molecule has 0 bridgehead atoms. The van der Waals surface area contributed by atoms with Gasteiger partial charge in [0.1, 0.15) is 5.82 Å². The SMILES string of the molecule is O=C(Nc1ccccc1)C1CCCN(C(=O)C2CC2c2ccc(F)cc2)C1. The van der Waals surface area contributed by atoms with E-state index in [0.29, 0.717) is 13.1 Å². The number of rotatable bonds is 4. The summed E-state index contributed by atoms with van der Waals surface area (Å²) in [5.74, 6) is -0.189. The van der Waals surface area contributed by atoms with Gasteiger partial charge in [0.05, 0.1) is 5.92 Å². The number of carbonyl (C=O) groups is 2. The molecule has 1 heterocycles. The number of hydrogen-bond acceptors (Lipinski definition) is 2. The maximum atomic E-state index is 13.1. The third-order valence-corrected chi connectivity index (χ3v) is 5.55. The van der Waals surface area contributed by atoms with Crippen molar-refractivity contribution in [1.82, 2.24) is 4.90 Å². The van der Waals surface area contributed by atoms with Gasteiger partial charge in [-0.2, -0.15) is 0 Å². The normalized spacial score (nSPS) is 24.3. The Morgan fingerprint density at radius 3 is 2.52 bits per heavy atom. The van der Waals surface area contributed by atoms with Gasteiger partial charge in [0.25, 0.3) is 0 Å². The Morgan fingerprint density at radius 2 is 1.78 bits per heavy atom. The van der Waals surface area contributed by atoms with Gasteiger partial charge in [-0.3, -0.25) is 9.59 Å². The Bertz CT molecular complexity index is 822. The summed E-state index contributed by atoms with van der Waals surface area (Å²) >= 11 is 0. The van der Waals surface area contributed by atoms with Crippen LogP contribution in [0.4, 0.5) is 10.1 Å². The highest BCUT2D eigenvalue weighted by Crippen LogP contribution is 2.48. The summed E-state index contributed by atoms with van der Waals surface area (Å²) in [6, 6.07) is 15.8. The maximum absolute atomic E-state index is 13.1. The predicted molar refractivity (Wildman–Crippen MR) is 102 cm³/mol. The molecule has 0 aromatic heterocycles. The van der Waals surface area contributed by atoms with E-state index < -0.39 is 0 Å². The Balaban J connectivity index is 1.35. The fourth-order valence-electron chi connectivity index (χ4n) is 3.94. The van der Waals surface area contributed by atoms with Crippen molar-refractivity contribution in [3.63, 3.8) is 0 Å². The highest BCUT2D eigenvalue weighted by Gasteiger charge is 2.46. The molecule has 2 amide bonds. The quantitative estimate of drug-likeness (QED) is 0.895. The smallest absolute Gasteiger partial charge is 0.229 e. The van der Waals surface area contributed by atoms with Crippen LogP contribution in [0.5, 0.6) is 0 Å². The number of anilines is 1. The van der Waals surface area contributed by atoms with E-state index in [1.807, 2.05) is 35.2 Å². The van der Waals surface area contributed by atoms with Gasteiger partial charge in [-0.1, -0.05) is 30.3 Å². The molecule has 27 heavy (non-hydrogen) atoms. The molecule has 2 aromatic carbocycles. The molecule has 0 radical (unpaired) electrons. The number of benzene rings is 2. The van der Waals surface area contributed by atoms with Crippen LogP contribution < -0.4 is 5.32 Å². The molecule has 1 aliphatic heterocycles. The van der Waals surface area contributed by atoms with Crippen molar-refractivity contribution in [3.8, 4) is 0 Å². The minimum Gasteiger partial charge on any atom is -0.342 e. The standard InChI is InChI=1S/C22H23FN2O2/c23-17-10-8-15(9-11-17)19-13-20(19)22(27)25-12-4-5-16(14-25)21(26)24-18-6-2-1-3-7-18/h1-3,6-11,16,19-20H,4-5,12-14H2,(H,24,26). The molecule has 2 aliphatic rings. The van der Waals surface area contributed by atoms with Gasteiger partial charge in [-0.15, -0.1) is 0 Å². The van der Waals surface area contributed by atoms with E-state index in [2.05, 4.69) is 5.32 Å². The van der Waals surface area contributed by atoms with Gasteiger partial charge in [0.2, 0.25) is 11.8 Å². The van der Waals surface area contributed by atoms with Gasteiger partial charge in [-0.25, -0.2) is 4.39 Å². The van der Waals surface area contributed by atoms with Crippen LogP contribution in [0.15, 0.2) is 54.6 Å². The first-order valence-corrected chi connectivity index (χ1v) is 9.52. The van der Waals surface area contributed by atoms with Crippen molar-refractivity contribution in [2.75, 3.05) is 18.4 Å². The minimum atomic E-state index is -0.259. The van der Waals surface area contributed by atoms with Crippen LogP contribution in [0, 0.1) is 17.7 Å². The summed E-state index contributed by atoms with van der Waals surface area (Å²) in [6.07, 6.45) is 2.45. The fraction of sp³-hybridized carbons (Fsp3) is 0.364. The number of nitrogens with one attached hydrogen (secondary N) is 1. The molecule has 1 aliphatic carbocycles. The van der Waals surface area contributed by atoms with Crippen molar-refractivity contribution >= 4 is 17.5 Å². The first-order chi connectivity index (χ1) is 13.1. The Morgan fingerprint density at radius 1 is 1.04 bits per heavy atom. The lowest BCUT2D eigenvalue weighted by Gasteiger charge is -2.32. The molecule has 1 saturated heterocycles. The van der Waals surface area contributed by atoms with Crippen molar-refractivity contribution < 1.29 is 14.0 Å². The van der Waals surface area contributed by atoms with Gasteiger partial charge in [0, 0.05) is 24.7 Å². The van der Waals surface area contributed by atoms with Crippen molar-refractivity contribution in [2.24, 2.45) is 11.8 Å².